The van der Waals surface area contributed by atoms with Crippen LogP contribution in [-0.4, -0.2) is 60.9 Å². The van der Waals surface area contributed by atoms with Gasteiger partial charge in [-0.25, -0.2) is 4.79 Å². The second-order valence-corrected chi connectivity index (χ2v) is 7.17. The molecule has 3 atom stereocenters. The van der Waals surface area contributed by atoms with Crippen LogP contribution in [0.5, 0.6) is 0 Å². The van der Waals surface area contributed by atoms with Gasteiger partial charge in [0, 0.05) is 5.92 Å². The predicted molar refractivity (Wildman–Crippen MR) is 97.3 cm³/mol. The molecular formula is C21H21NO5. The minimum Gasteiger partial charge on any atom is -0.448 e. The fourth-order valence-electron chi connectivity index (χ4n) is 4.31. The van der Waals surface area contributed by atoms with Crippen molar-refractivity contribution in [3.05, 3.63) is 59.7 Å². The summed E-state index contributed by atoms with van der Waals surface area (Å²) in [6, 6.07) is 16.5. The summed E-state index contributed by atoms with van der Waals surface area (Å²) in [4.78, 5) is 14.2. The largest absolute Gasteiger partial charge is 0.448 e. The summed E-state index contributed by atoms with van der Waals surface area (Å²) in [7, 11) is 0. The van der Waals surface area contributed by atoms with Crippen molar-refractivity contribution in [1.29, 1.82) is 0 Å². The second-order valence-electron chi connectivity index (χ2n) is 7.17. The maximum atomic E-state index is 12.6. The van der Waals surface area contributed by atoms with Gasteiger partial charge in [0.05, 0.1) is 19.7 Å². The number of amides is 1. The molecular weight excluding hydrogens is 346 g/mol. The Bertz CT molecular complexity index is 824. The summed E-state index contributed by atoms with van der Waals surface area (Å²) < 4.78 is 16.9. The summed E-state index contributed by atoms with van der Waals surface area (Å²) in [5, 5.41) is 9.33. The summed E-state index contributed by atoms with van der Waals surface area (Å²) in [5.74, 6) is 0.0422. The van der Waals surface area contributed by atoms with E-state index in [0.717, 1.165) is 0 Å². The van der Waals surface area contributed by atoms with Crippen molar-refractivity contribution in [2.45, 2.75) is 24.4 Å². The summed E-state index contributed by atoms with van der Waals surface area (Å²) >= 11 is 0. The lowest BCUT2D eigenvalue weighted by Crippen LogP contribution is -2.47. The molecule has 5 rings (SSSR count). The average molecular weight is 367 g/mol. The molecule has 3 aliphatic rings. The molecule has 2 saturated heterocycles. The molecule has 0 unspecified atom stereocenters. The Morgan fingerprint density at radius 1 is 1.04 bits per heavy atom. The highest BCUT2D eigenvalue weighted by atomic mass is 16.7. The first-order chi connectivity index (χ1) is 13.2. The van der Waals surface area contributed by atoms with Crippen LogP contribution in [0.1, 0.15) is 17.0 Å². The number of nitrogens with zero attached hydrogens (tertiary/aromatic N) is 1. The van der Waals surface area contributed by atoms with Gasteiger partial charge in [0.15, 0.2) is 6.29 Å². The van der Waals surface area contributed by atoms with Crippen molar-refractivity contribution < 1.29 is 24.1 Å². The average Bonchev–Trinajstić information content (AvgIpc) is 3.19. The summed E-state index contributed by atoms with van der Waals surface area (Å²) in [6.45, 7) is 0.881. The molecule has 0 radical (unpaired) electrons. The molecule has 2 aromatic carbocycles. The van der Waals surface area contributed by atoms with Crippen LogP contribution in [0.15, 0.2) is 48.5 Å². The van der Waals surface area contributed by atoms with Gasteiger partial charge in [-0.1, -0.05) is 48.5 Å². The molecule has 2 heterocycles. The van der Waals surface area contributed by atoms with Crippen LogP contribution in [0.25, 0.3) is 11.1 Å². The van der Waals surface area contributed by atoms with E-state index in [1.165, 1.54) is 22.3 Å². The molecule has 27 heavy (non-hydrogen) atoms. The van der Waals surface area contributed by atoms with Crippen LogP contribution < -0.4 is 0 Å². The summed E-state index contributed by atoms with van der Waals surface area (Å²) in [6.07, 6.45) is -1.52. The van der Waals surface area contributed by atoms with Crippen molar-refractivity contribution in [2.75, 3.05) is 26.3 Å². The number of carbonyl (C=O) groups excluding carboxylic acids is 1. The number of aliphatic hydroxyl groups excluding tert-OH is 1. The number of fused-ring (bicyclic) bond motifs is 5. The third-order valence-electron chi connectivity index (χ3n) is 5.61. The number of morpholine rings is 1. The van der Waals surface area contributed by atoms with E-state index in [1.54, 1.807) is 4.90 Å². The van der Waals surface area contributed by atoms with Crippen LogP contribution >= 0.6 is 0 Å². The molecule has 2 aliphatic heterocycles. The van der Waals surface area contributed by atoms with E-state index in [0.29, 0.717) is 19.7 Å². The highest BCUT2D eigenvalue weighted by Gasteiger charge is 2.44. The maximum absolute atomic E-state index is 12.6. The van der Waals surface area contributed by atoms with Crippen molar-refractivity contribution in [1.82, 2.24) is 4.90 Å². The Labute approximate surface area is 157 Å². The Morgan fingerprint density at radius 2 is 1.70 bits per heavy atom. The lowest BCUT2D eigenvalue weighted by molar-refractivity contribution is -0.107. The fraction of sp³-hybridized carbons (Fsp3) is 0.381. The number of hydrogen-bond acceptors (Lipinski definition) is 5. The van der Waals surface area contributed by atoms with Crippen LogP contribution in [0.4, 0.5) is 4.79 Å². The van der Waals surface area contributed by atoms with Gasteiger partial charge in [0.1, 0.15) is 18.8 Å². The third kappa shape index (κ3) is 2.81. The Balaban J connectivity index is 1.30. The minimum atomic E-state index is -0.485. The van der Waals surface area contributed by atoms with Crippen LogP contribution in [0.2, 0.25) is 0 Å². The number of benzene rings is 2. The zero-order valence-corrected chi connectivity index (χ0v) is 14.8. The number of ether oxygens (including phenoxy) is 3. The van der Waals surface area contributed by atoms with Crippen LogP contribution in [0, 0.1) is 0 Å². The van der Waals surface area contributed by atoms with E-state index in [9.17, 15) is 9.90 Å². The van der Waals surface area contributed by atoms with E-state index in [2.05, 4.69) is 24.3 Å². The third-order valence-corrected chi connectivity index (χ3v) is 5.61. The van der Waals surface area contributed by atoms with Crippen LogP contribution in [-0.2, 0) is 14.2 Å². The molecule has 2 fully saturated rings. The standard InChI is InChI=1S/C21H21NO5/c23-11-19-18-9-22(10-20(26-18)27-19)21(24)25-12-17-15-7-3-1-5-13(15)14-6-2-4-8-16(14)17/h1-8,17-20,23H,9-12H2/t18-,19+,20-/m0/s1. The summed E-state index contributed by atoms with van der Waals surface area (Å²) in [5.41, 5.74) is 4.80. The van der Waals surface area contributed by atoms with Gasteiger partial charge in [-0.15, -0.1) is 0 Å². The van der Waals surface area contributed by atoms with E-state index in [4.69, 9.17) is 14.2 Å². The molecule has 140 valence electrons. The van der Waals surface area contributed by atoms with E-state index >= 15 is 0 Å². The van der Waals surface area contributed by atoms with Crippen molar-refractivity contribution in [3.63, 3.8) is 0 Å². The Morgan fingerprint density at radius 3 is 2.37 bits per heavy atom. The van der Waals surface area contributed by atoms with Crippen LogP contribution in [0.3, 0.4) is 0 Å². The van der Waals surface area contributed by atoms with Gasteiger partial charge < -0.3 is 24.2 Å². The zero-order valence-electron chi connectivity index (χ0n) is 14.8. The van der Waals surface area contributed by atoms with Crippen molar-refractivity contribution in [3.8, 4) is 11.1 Å². The van der Waals surface area contributed by atoms with Gasteiger partial charge in [0.25, 0.3) is 0 Å². The fourth-order valence-corrected chi connectivity index (χ4v) is 4.31. The van der Waals surface area contributed by atoms with Gasteiger partial charge in [-0.3, -0.25) is 0 Å². The lowest BCUT2D eigenvalue weighted by Gasteiger charge is -2.30. The quantitative estimate of drug-likeness (QED) is 0.902. The SMILES string of the molecule is O=C(OCC1c2ccccc2-c2ccccc21)N1C[C@H]2O[C@@H](C1)[C@@H](CO)O2. The second kappa shape index (κ2) is 6.64. The van der Waals surface area contributed by atoms with Crippen molar-refractivity contribution in [2.24, 2.45) is 0 Å². The van der Waals surface area contributed by atoms with Gasteiger partial charge >= 0.3 is 6.09 Å². The highest BCUT2D eigenvalue weighted by Crippen LogP contribution is 2.44. The molecule has 0 saturated carbocycles. The molecule has 2 aromatic rings. The molecule has 1 amide bonds. The van der Waals surface area contributed by atoms with E-state index < -0.39 is 6.29 Å². The number of hydrogen-bond donors (Lipinski definition) is 1. The first kappa shape index (κ1) is 16.7. The first-order valence-electron chi connectivity index (χ1n) is 9.26. The van der Waals surface area contributed by atoms with E-state index in [-0.39, 0.29) is 30.8 Å². The highest BCUT2D eigenvalue weighted by molar-refractivity contribution is 5.79. The van der Waals surface area contributed by atoms with Crippen molar-refractivity contribution >= 4 is 6.09 Å². The smallest absolute Gasteiger partial charge is 0.410 e. The van der Waals surface area contributed by atoms with Gasteiger partial charge in [-0.2, -0.15) is 0 Å². The Kier molecular flexibility index (Phi) is 4.11. The zero-order chi connectivity index (χ0) is 18.4. The molecule has 0 aromatic heterocycles. The topological polar surface area (TPSA) is 68.2 Å². The number of rotatable bonds is 3. The number of aliphatic hydroxyl groups is 1. The monoisotopic (exact) mass is 367 g/mol. The maximum Gasteiger partial charge on any atom is 0.410 e. The molecule has 1 aliphatic carbocycles. The molecule has 6 heteroatoms. The Hall–Kier alpha value is -2.41. The van der Waals surface area contributed by atoms with Gasteiger partial charge in [0.2, 0.25) is 0 Å². The first-order valence-corrected chi connectivity index (χ1v) is 9.26. The lowest BCUT2D eigenvalue weighted by atomic mass is 9.98. The van der Waals surface area contributed by atoms with E-state index in [1.807, 2.05) is 24.3 Å². The normalized spacial score (nSPS) is 26.0. The molecule has 2 bridgehead atoms. The molecule has 1 N–H and O–H groups in total. The predicted octanol–water partition coefficient (Wildman–Crippen LogP) is 2.35. The van der Waals surface area contributed by atoms with Gasteiger partial charge in [-0.05, 0) is 22.3 Å². The molecule has 0 spiro atoms. The minimum absolute atomic E-state index is 0.0422. The molecule has 6 nitrogen and oxygen atoms in total. The number of carbonyl (C=O) groups is 1.